The minimum absolute atomic E-state index is 0.0568. The molecule has 2 N–H and O–H groups in total. The first-order valence-electron chi connectivity index (χ1n) is 12.0. The lowest BCUT2D eigenvalue weighted by Crippen LogP contribution is -2.57. The number of methoxy groups -OCH3 is 1. The summed E-state index contributed by atoms with van der Waals surface area (Å²) < 4.78 is 16.8. The zero-order valence-corrected chi connectivity index (χ0v) is 20.2. The average Bonchev–Trinajstić information content (AvgIpc) is 3.48. The Balaban J connectivity index is 1.73. The smallest absolute Gasteiger partial charge is 0.312 e. The number of benzene rings is 1. The molecule has 1 spiro atoms. The molecule has 9 heteroatoms. The van der Waals surface area contributed by atoms with Crippen LogP contribution >= 0.6 is 0 Å². The van der Waals surface area contributed by atoms with E-state index >= 15 is 0 Å². The minimum Gasteiger partial charge on any atom is -0.497 e. The Morgan fingerprint density at radius 2 is 2.00 bits per heavy atom. The number of carbonyl (C=O) groups excluding carboxylic acids is 3. The van der Waals surface area contributed by atoms with Crippen LogP contribution in [0.1, 0.15) is 40.0 Å². The molecule has 3 aliphatic rings. The summed E-state index contributed by atoms with van der Waals surface area (Å²) in [5.41, 5.74) is -0.576. The molecule has 34 heavy (non-hydrogen) atoms. The first-order valence-corrected chi connectivity index (χ1v) is 12.0. The molecule has 1 aromatic rings. The van der Waals surface area contributed by atoms with Gasteiger partial charge in [0.2, 0.25) is 11.8 Å². The maximum absolute atomic E-state index is 13.9. The van der Waals surface area contributed by atoms with Crippen molar-refractivity contribution < 1.29 is 33.7 Å². The highest BCUT2D eigenvalue weighted by atomic mass is 16.6. The molecule has 3 saturated heterocycles. The molecule has 4 rings (SSSR count). The number of aliphatic hydroxyl groups excluding tert-OH is 1. The van der Waals surface area contributed by atoms with Gasteiger partial charge in [-0.15, -0.1) is 0 Å². The number of hydrogen-bond donors (Lipinski definition) is 2. The van der Waals surface area contributed by atoms with Gasteiger partial charge >= 0.3 is 5.97 Å². The Bertz CT molecular complexity index is 936. The standard InChI is InChI=1S/C25H34N2O7/c1-5-14(3)17(13-28)27-21(22(29)26-15-7-9-16(32-4)10-8-15)25-12-11-18(34-25)19(20(25)23(27)30)24(31)33-6-2/h7-10,14,17-21,28H,5-6,11-13H2,1-4H3,(H,26,29)/t14-,17-,18+,19-,20-,21?,25?/m0/s1. The Morgan fingerprint density at radius 1 is 1.29 bits per heavy atom. The molecule has 7 atom stereocenters. The number of hydrogen-bond acceptors (Lipinski definition) is 7. The molecule has 2 unspecified atom stereocenters. The SMILES string of the molecule is CCOC(=O)[C@@H]1[C@H]2C(=O)N([C@@H](CO)[C@@H](C)CC)C(C(=O)Nc3ccc(OC)cc3)C23CC[C@H]1O3. The van der Waals surface area contributed by atoms with Gasteiger partial charge in [0.1, 0.15) is 17.4 Å². The Hall–Kier alpha value is -2.65. The molecule has 3 aliphatic heterocycles. The number of likely N-dealkylation sites (tertiary alicyclic amines) is 1. The predicted octanol–water partition coefficient (Wildman–Crippen LogP) is 1.98. The number of carbonyl (C=O) groups is 3. The van der Waals surface area contributed by atoms with Gasteiger partial charge in [0.15, 0.2) is 0 Å². The fraction of sp³-hybridized carbons (Fsp3) is 0.640. The van der Waals surface area contributed by atoms with E-state index in [1.54, 1.807) is 38.3 Å². The highest BCUT2D eigenvalue weighted by Gasteiger charge is 2.75. The van der Waals surface area contributed by atoms with Crippen molar-refractivity contribution in [1.29, 1.82) is 0 Å². The van der Waals surface area contributed by atoms with Crippen LogP contribution in [-0.2, 0) is 23.9 Å². The Morgan fingerprint density at radius 3 is 2.59 bits per heavy atom. The van der Waals surface area contributed by atoms with Crippen molar-refractivity contribution in [3.63, 3.8) is 0 Å². The van der Waals surface area contributed by atoms with E-state index in [4.69, 9.17) is 14.2 Å². The van der Waals surface area contributed by atoms with Gasteiger partial charge in [0.05, 0.1) is 44.3 Å². The van der Waals surface area contributed by atoms with Crippen molar-refractivity contribution >= 4 is 23.5 Å². The van der Waals surface area contributed by atoms with Gasteiger partial charge in [-0.3, -0.25) is 14.4 Å². The molecular formula is C25H34N2O7. The lowest BCUT2D eigenvalue weighted by Gasteiger charge is -2.38. The predicted molar refractivity (Wildman–Crippen MR) is 123 cm³/mol. The van der Waals surface area contributed by atoms with Gasteiger partial charge in [-0.25, -0.2) is 0 Å². The summed E-state index contributed by atoms with van der Waals surface area (Å²) in [4.78, 5) is 42.0. The Labute approximate surface area is 199 Å². The highest BCUT2D eigenvalue weighted by Crippen LogP contribution is 2.59. The van der Waals surface area contributed by atoms with Gasteiger partial charge in [-0.05, 0) is 49.9 Å². The molecule has 9 nitrogen and oxygen atoms in total. The van der Waals surface area contributed by atoms with Gasteiger partial charge in [-0.1, -0.05) is 20.3 Å². The van der Waals surface area contributed by atoms with Crippen molar-refractivity contribution in [2.24, 2.45) is 17.8 Å². The Kier molecular flexibility index (Phi) is 6.87. The van der Waals surface area contributed by atoms with Crippen LogP contribution in [0.3, 0.4) is 0 Å². The first-order chi connectivity index (χ1) is 16.3. The second-order valence-corrected chi connectivity index (χ2v) is 9.41. The highest BCUT2D eigenvalue weighted by molar-refractivity contribution is 6.03. The molecule has 2 amide bonds. The fourth-order valence-corrected chi connectivity index (χ4v) is 5.95. The second-order valence-electron chi connectivity index (χ2n) is 9.41. The number of nitrogens with zero attached hydrogens (tertiary/aromatic N) is 1. The monoisotopic (exact) mass is 474 g/mol. The molecule has 0 aromatic heterocycles. The third-order valence-electron chi connectivity index (χ3n) is 7.75. The van der Waals surface area contributed by atoms with E-state index in [1.165, 1.54) is 4.90 Å². The van der Waals surface area contributed by atoms with Gasteiger partial charge in [0.25, 0.3) is 0 Å². The number of rotatable bonds is 9. The zero-order chi connectivity index (χ0) is 24.6. The van der Waals surface area contributed by atoms with Gasteiger partial charge < -0.3 is 29.5 Å². The maximum Gasteiger partial charge on any atom is 0.312 e. The van der Waals surface area contributed by atoms with Crippen LogP contribution in [0.4, 0.5) is 5.69 Å². The number of amides is 2. The summed E-state index contributed by atoms with van der Waals surface area (Å²) in [5, 5.41) is 13.2. The lowest BCUT2D eigenvalue weighted by molar-refractivity contribution is -0.155. The van der Waals surface area contributed by atoms with Crippen molar-refractivity contribution in [2.75, 3.05) is 25.6 Å². The average molecular weight is 475 g/mol. The largest absolute Gasteiger partial charge is 0.497 e. The summed E-state index contributed by atoms with van der Waals surface area (Å²) in [5.74, 6) is -2.15. The van der Waals surface area contributed by atoms with E-state index in [0.29, 0.717) is 30.7 Å². The minimum atomic E-state index is -1.13. The molecule has 3 fully saturated rings. The topological polar surface area (TPSA) is 114 Å². The van der Waals surface area contributed by atoms with Crippen LogP contribution in [-0.4, -0.2) is 71.9 Å². The summed E-state index contributed by atoms with van der Waals surface area (Å²) in [7, 11) is 1.56. The molecular weight excluding hydrogens is 440 g/mol. The van der Waals surface area contributed by atoms with E-state index in [0.717, 1.165) is 0 Å². The molecule has 1 aromatic carbocycles. The summed E-state index contributed by atoms with van der Waals surface area (Å²) in [6.07, 6.45) is 1.31. The molecule has 3 heterocycles. The molecule has 186 valence electrons. The normalized spacial score (nSPS) is 31.2. The van der Waals surface area contributed by atoms with Crippen molar-refractivity contribution in [3.8, 4) is 5.75 Å². The lowest BCUT2D eigenvalue weighted by atomic mass is 9.70. The fourth-order valence-electron chi connectivity index (χ4n) is 5.95. The van der Waals surface area contributed by atoms with E-state index in [9.17, 15) is 19.5 Å². The molecule has 2 bridgehead atoms. The van der Waals surface area contributed by atoms with E-state index in [2.05, 4.69) is 5.32 Å². The van der Waals surface area contributed by atoms with E-state index < -0.39 is 47.5 Å². The molecule has 0 radical (unpaired) electrons. The number of nitrogens with one attached hydrogen (secondary N) is 1. The van der Waals surface area contributed by atoms with E-state index in [-0.39, 0.29) is 25.0 Å². The summed E-state index contributed by atoms with van der Waals surface area (Å²) in [6, 6.07) is 5.37. The van der Waals surface area contributed by atoms with Gasteiger partial charge in [0, 0.05) is 5.69 Å². The summed E-state index contributed by atoms with van der Waals surface area (Å²) in [6.45, 7) is 5.55. The third kappa shape index (κ3) is 3.75. The molecule has 0 saturated carbocycles. The quantitative estimate of drug-likeness (QED) is 0.526. The number of fused-ring (bicyclic) bond motifs is 1. The summed E-state index contributed by atoms with van der Waals surface area (Å²) >= 11 is 0. The third-order valence-corrected chi connectivity index (χ3v) is 7.75. The van der Waals surface area contributed by atoms with Crippen LogP contribution in [0.2, 0.25) is 0 Å². The van der Waals surface area contributed by atoms with Crippen LogP contribution < -0.4 is 10.1 Å². The van der Waals surface area contributed by atoms with Crippen LogP contribution in [0, 0.1) is 17.8 Å². The van der Waals surface area contributed by atoms with Crippen LogP contribution in [0.5, 0.6) is 5.75 Å². The first kappa shape index (κ1) is 24.5. The maximum atomic E-state index is 13.9. The second kappa shape index (κ2) is 9.54. The number of ether oxygens (including phenoxy) is 3. The van der Waals surface area contributed by atoms with Crippen molar-refractivity contribution in [3.05, 3.63) is 24.3 Å². The van der Waals surface area contributed by atoms with Gasteiger partial charge in [-0.2, -0.15) is 0 Å². The number of esters is 1. The van der Waals surface area contributed by atoms with Crippen molar-refractivity contribution in [1.82, 2.24) is 4.90 Å². The number of anilines is 1. The van der Waals surface area contributed by atoms with Crippen LogP contribution in [0.25, 0.3) is 0 Å². The van der Waals surface area contributed by atoms with Crippen molar-refractivity contribution in [2.45, 2.75) is 63.8 Å². The van der Waals surface area contributed by atoms with E-state index in [1.807, 2.05) is 13.8 Å². The zero-order valence-electron chi connectivity index (χ0n) is 20.2. The molecule has 0 aliphatic carbocycles. The van der Waals surface area contributed by atoms with Crippen LogP contribution in [0.15, 0.2) is 24.3 Å². The number of aliphatic hydroxyl groups is 1.